The molecular weight excluding hydrogens is 250 g/mol. The first-order valence-corrected chi connectivity index (χ1v) is 7.99. The van der Waals surface area contributed by atoms with E-state index in [0.717, 1.165) is 24.8 Å². The lowest BCUT2D eigenvalue weighted by Gasteiger charge is -2.36. The molecule has 0 spiro atoms. The first-order valence-electron chi connectivity index (χ1n) is 7.99. The number of methoxy groups -OCH3 is 1. The number of aromatic nitrogens is 2. The summed E-state index contributed by atoms with van der Waals surface area (Å²) in [7, 11) is 3.81. The highest BCUT2D eigenvalue weighted by Crippen LogP contribution is 2.44. The van der Waals surface area contributed by atoms with E-state index in [1.807, 2.05) is 6.20 Å². The number of hydrogen-bond donors (Lipinski definition) is 1. The van der Waals surface area contributed by atoms with Gasteiger partial charge in [-0.15, -0.1) is 0 Å². The second-order valence-corrected chi connectivity index (χ2v) is 5.93. The van der Waals surface area contributed by atoms with Crippen LogP contribution in [0.2, 0.25) is 0 Å². The monoisotopic (exact) mass is 279 g/mol. The first kappa shape index (κ1) is 15.4. The summed E-state index contributed by atoms with van der Waals surface area (Å²) in [6.45, 7) is 6.47. The molecular formula is C16H29N3O. The van der Waals surface area contributed by atoms with Crippen LogP contribution in [0, 0.1) is 11.8 Å². The van der Waals surface area contributed by atoms with Gasteiger partial charge in [-0.05, 0) is 45.2 Å². The molecule has 4 heteroatoms. The molecule has 2 rings (SSSR count). The van der Waals surface area contributed by atoms with E-state index in [1.54, 1.807) is 7.11 Å². The van der Waals surface area contributed by atoms with E-state index in [-0.39, 0.29) is 0 Å². The quantitative estimate of drug-likeness (QED) is 0.870. The number of hydrogen-bond acceptors (Lipinski definition) is 3. The molecule has 1 aromatic heterocycles. The van der Waals surface area contributed by atoms with Gasteiger partial charge >= 0.3 is 0 Å². The minimum Gasteiger partial charge on any atom is -0.493 e. The highest BCUT2D eigenvalue weighted by atomic mass is 16.5. The van der Waals surface area contributed by atoms with Crippen molar-refractivity contribution in [3.05, 3.63) is 11.9 Å². The second-order valence-electron chi connectivity index (χ2n) is 5.93. The van der Waals surface area contributed by atoms with Crippen LogP contribution in [-0.2, 0) is 6.54 Å². The summed E-state index contributed by atoms with van der Waals surface area (Å²) < 4.78 is 7.70. The fraction of sp³-hybridized carbons (Fsp3) is 0.812. The molecule has 1 N–H and O–H groups in total. The molecule has 0 radical (unpaired) electrons. The Labute approximate surface area is 122 Å². The second kappa shape index (κ2) is 7.11. The smallest absolute Gasteiger partial charge is 0.160 e. The maximum absolute atomic E-state index is 5.57. The molecule has 0 bridgehead atoms. The highest BCUT2D eigenvalue weighted by Gasteiger charge is 2.34. The lowest BCUT2D eigenvalue weighted by atomic mass is 9.71. The van der Waals surface area contributed by atoms with Gasteiger partial charge < -0.3 is 10.1 Å². The number of nitrogens with one attached hydrogen (secondary N) is 1. The predicted molar refractivity (Wildman–Crippen MR) is 82.2 cm³/mol. The van der Waals surface area contributed by atoms with Crippen LogP contribution >= 0.6 is 0 Å². The van der Waals surface area contributed by atoms with E-state index < -0.39 is 0 Å². The van der Waals surface area contributed by atoms with E-state index in [0.29, 0.717) is 11.8 Å². The van der Waals surface area contributed by atoms with Crippen LogP contribution in [0.1, 0.15) is 51.1 Å². The van der Waals surface area contributed by atoms with Crippen molar-refractivity contribution in [2.24, 2.45) is 11.8 Å². The Balaban J connectivity index is 2.31. The number of ether oxygens (including phenoxy) is 1. The molecule has 20 heavy (non-hydrogen) atoms. The van der Waals surface area contributed by atoms with Crippen LogP contribution in [-0.4, -0.2) is 30.5 Å². The van der Waals surface area contributed by atoms with E-state index in [9.17, 15) is 0 Å². The van der Waals surface area contributed by atoms with Crippen LogP contribution in [0.5, 0.6) is 5.75 Å². The molecule has 3 unspecified atom stereocenters. The van der Waals surface area contributed by atoms with Crippen molar-refractivity contribution < 1.29 is 4.74 Å². The predicted octanol–water partition coefficient (Wildman–Crippen LogP) is 3.04. The first-order chi connectivity index (χ1) is 9.74. The number of rotatable bonds is 6. The summed E-state index contributed by atoms with van der Waals surface area (Å²) in [5.41, 5.74) is 1.31. The fourth-order valence-electron chi connectivity index (χ4n) is 3.69. The molecule has 0 aromatic carbocycles. The molecule has 1 aliphatic rings. The summed E-state index contributed by atoms with van der Waals surface area (Å²) in [5.74, 6) is 3.07. The Morgan fingerprint density at radius 1 is 1.40 bits per heavy atom. The minimum atomic E-state index is 0.568. The lowest BCUT2D eigenvalue weighted by molar-refractivity contribution is 0.216. The molecule has 3 atom stereocenters. The molecule has 1 aliphatic carbocycles. The van der Waals surface area contributed by atoms with E-state index in [4.69, 9.17) is 4.74 Å². The van der Waals surface area contributed by atoms with Crippen molar-refractivity contribution >= 4 is 0 Å². The zero-order valence-corrected chi connectivity index (χ0v) is 13.4. The summed E-state index contributed by atoms with van der Waals surface area (Å²) in [6.07, 6.45) is 7.10. The van der Waals surface area contributed by atoms with E-state index in [1.165, 1.54) is 31.4 Å². The zero-order valence-electron chi connectivity index (χ0n) is 13.4. The maximum Gasteiger partial charge on any atom is 0.160 e. The Hall–Kier alpha value is -1.03. The third-order valence-corrected chi connectivity index (χ3v) is 4.86. The van der Waals surface area contributed by atoms with Crippen molar-refractivity contribution in [1.82, 2.24) is 15.1 Å². The topological polar surface area (TPSA) is 39.1 Å². The summed E-state index contributed by atoms with van der Waals surface area (Å²) >= 11 is 0. The highest BCUT2D eigenvalue weighted by molar-refractivity contribution is 5.30. The van der Waals surface area contributed by atoms with Gasteiger partial charge in [-0.2, -0.15) is 5.10 Å². The summed E-state index contributed by atoms with van der Waals surface area (Å²) in [5, 5.41) is 7.86. The van der Waals surface area contributed by atoms with Gasteiger partial charge in [-0.25, -0.2) is 0 Å². The van der Waals surface area contributed by atoms with Crippen molar-refractivity contribution in [2.75, 3.05) is 20.7 Å². The van der Waals surface area contributed by atoms with Gasteiger partial charge in [0.1, 0.15) is 0 Å². The van der Waals surface area contributed by atoms with Crippen LogP contribution in [0.4, 0.5) is 0 Å². The molecule has 1 aromatic rings. The van der Waals surface area contributed by atoms with Gasteiger partial charge in [-0.1, -0.05) is 19.8 Å². The van der Waals surface area contributed by atoms with Crippen molar-refractivity contribution in [1.29, 1.82) is 0 Å². The van der Waals surface area contributed by atoms with Crippen molar-refractivity contribution in [3.8, 4) is 5.75 Å². The van der Waals surface area contributed by atoms with Crippen LogP contribution in [0.3, 0.4) is 0 Å². The molecule has 4 nitrogen and oxygen atoms in total. The van der Waals surface area contributed by atoms with Crippen LogP contribution in [0.25, 0.3) is 0 Å². The number of aryl methyl sites for hydroxylation is 1. The Bertz CT molecular complexity index is 394. The average molecular weight is 279 g/mol. The Kier molecular flexibility index (Phi) is 5.46. The Morgan fingerprint density at radius 3 is 2.80 bits per heavy atom. The van der Waals surface area contributed by atoms with Gasteiger partial charge in [0.25, 0.3) is 0 Å². The SMILES string of the molecule is CCC1CCC(CNC)C(c2c(OC)cnn2CC)C1. The molecule has 0 saturated heterocycles. The van der Waals surface area contributed by atoms with Gasteiger partial charge in [0.15, 0.2) is 5.75 Å². The third-order valence-electron chi connectivity index (χ3n) is 4.86. The summed E-state index contributed by atoms with van der Waals surface area (Å²) in [6, 6.07) is 0. The fourth-order valence-corrected chi connectivity index (χ4v) is 3.69. The molecule has 114 valence electrons. The van der Waals surface area contributed by atoms with Crippen LogP contribution < -0.4 is 10.1 Å². The van der Waals surface area contributed by atoms with E-state index >= 15 is 0 Å². The normalized spacial score (nSPS) is 26.7. The molecule has 0 amide bonds. The molecule has 1 fully saturated rings. The molecule has 1 saturated carbocycles. The summed E-state index contributed by atoms with van der Waals surface area (Å²) in [4.78, 5) is 0. The Morgan fingerprint density at radius 2 is 2.20 bits per heavy atom. The van der Waals surface area contributed by atoms with Crippen molar-refractivity contribution in [2.45, 2.75) is 52.0 Å². The zero-order chi connectivity index (χ0) is 14.5. The lowest BCUT2D eigenvalue weighted by Crippen LogP contribution is -2.32. The third kappa shape index (κ3) is 3.00. The number of nitrogens with zero attached hydrogens (tertiary/aromatic N) is 2. The molecule has 0 aliphatic heterocycles. The molecule has 1 heterocycles. The van der Waals surface area contributed by atoms with Gasteiger partial charge in [-0.3, -0.25) is 4.68 Å². The van der Waals surface area contributed by atoms with Gasteiger partial charge in [0.05, 0.1) is 19.0 Å². The maximum atomic E-state index is 5.57. The van der Waals surface area contributed by atoms with Crippen LogP contribution in [0.15, 0.2) is 6.20 Å². The van der Waals surface area contributed by atoms with Gasteiger partial charge in [0.2, 0.25) is 0 Å². The van der Waals surface area contributed by atoms with Crippen molar-refractivity contribution in [3.63, 3.8) is 0 Å². The largest absolute Gasteiger partial charge is 0.493 e. The average Bonchev–Trinajstić information content (AvgIpc) is 2.90. The van der Waals surface area contributed by atoms with E-state index in [2.05, 4.69) is 36.0 Å². The minimum absolute atomic E-state index is 0.568. The van der Waals surface area contributed by atoms with Gasteiger partial charge in [0, 0.05) is 12.5 Å². The standard InChI is InChI=1S/C16H29N3O/c1-5-12-7-8-13(10-17-3)14(9-12)16-15(20-4)11-18-19(16)6-2/h11-14,17H,5-10H2,1-4H3.